The monoisotopic (exact) mass is 469 g/mol. The van der Waals surface area contributed by atoms with Gasteiger partial charge in [0, 0.05) is 0 Å². The summed E-state index contributed by atoms with van der Waals surface area (Å²) in [6, 6.07) is 0.917. The highest BCUT2D eigenvalue weighted by Crippen LogP contribution is 2.36. The zero-order valence-corrected chi connectivity index (χ0v) is 15.4. The Morgan fingerprint density at radius 3 is 1.96 bits per heavy atom. The van der Waals surface area contributed by atoms with Crippen LogP contribution in [0.2, 0.25) is 0 Å². The van der Waals surface area contributed by atoms with Gasteiger partial charge in [0.1, 0.15) is 9.65 Å². The van der Waals surface area contributed by atoms with Gasteiger partial charge in [0.25, 0.3) is 0 Å². The van der Waals surface area contributed by atoms with Gasteiger partial charge < -0.3 is 5.73 Å². The van der Waals surface area contributed by atoms with Crippen molar-refractivity contribution in [3.8, 4) is 0 Å². The summed E-state index contributed by atoms with van der Waals surface area (Å²) in [6.07, 6.45) is -9.64. The lowest BCUT2D eigenvalue weighted by Gasteiger charge is -2.12. The number of amidine groups is 1. The van der Waals surface area contributed by atoms with Gasteiger partial charge in [-0.25, -0.2) is 4.79 Å². The molecule has 0 atom stereocenters. The zero-order valence-electron chi connectivity index (χ0n) is 13.1. The quantitative estimate of drug-likeness (QED) is 0.151. The molecule has 5 nitrogen and oxygen atoms in total. The molecule has 1 rings (SSSR count). The van der Waals surface area contributed by atoms with E-state index in [2.05, 4.69) is 9.99 Å². The smallest absolute Gasteiger partial charge is 0.381 e. The molecule has 0 aromatic heterocycles. The molecule has 28 heavy (non-hydrogen) atoms. The molecule has 14 heteroatoms. The number of rotatable bonds is 4. The van der Waals surface area contributed by atoms with Crippen molar-refractivity contribution in [3.63, 3.8) is 0 Å². The molecule has 1 aromatic carbocycles. The summed E-state index contributed by atoms with van der Waals surface area (Å²) in [5.74, 6) is -0.557. The van der Waals surface area contributed by atoms with Crippen molar-refractivity contribution in [3.05, 3.63) is 50.6 Å². The van der Waals surface area contributed by atoms with Crippen LogP contribution in [0.4, 0.5) is 31.1 Å². The van der Waals surface area contributed by atoms with Crippen LogP contribution in [0.25, 0.3) is 6.08 Å². The first kappa shape index (κ1) is 23.9. The van der Waals surface area contributed by atoms with Crippen molar-refractivity contribution in [2.45, 2.75) is 12.4 Å². The van der Waals surface area contributed by atoms with Gasteiger partial charge in [-0.15, -0.1) is 0 Å². The Bertz CT molecular complexity index is 798. The predicted molar refractivity (Wildman–Crippen MR) is 91.3 cm³/mol. The van der Waals surface area contributed by atoms with Gasteiger partial charge in [-0.05, 0) is 29.8 Å². The van der Waals surface area contributed by atoms with Gasteiger partial charge in [-0.3, -0.25) is 10.2 Å². The number of hydrogen-bond donors (Lipinski definition) is 2. The normalized spacial score (nSPS) is 12.8. The third kappa shape index (κ3) is 7.87. The Hall–Kier alpha value is -2.11. The van der Waals surface area contributed by atoms with Crippen molar-refractivity contribution in [2.75, 3.05) is 0 Å². The van der Waals surface area contributed by atoms with Crippen LogP contribution in [-0.4, -0.2) is 11.9 Å². The molecule has 0 bridgehead atoms. The van der Waals surface area contributed by atoms with E-state index < -0.39 is 50.6 Å². The number of oxime groups is 1. The van der Waals surface area contributed by atoms with Crippen LogP contribution >= 0.6 is 34.8 Å². The largest absolute Gasteiger partial charge is 0.438 e. The fourth-order valence-electron chi connectivity index (χ4n) is 1.54. The lowest BCUT2D eigenvalue weighted by molar-refractivity contribution is -0.143. The summed E-state index contributed by atoms with van der Waals surface area (Å²) in [6.45, 7) is 0. The molecule has 3 N–H and O–H groups in total. The first-order chi connectivity index (χ1) is 12.7. The van der Waals surface area contributed by atoms with Crippen molar-refractivity contribution in [1.82, 2.24) is 5.32 Å². The highest BCUT2D eigenvalue weighted by atomic mass is 35.5. The van der Waals surface area contributed by atoms with Crippen molar-refractivity contribution >= 4 is 52.8 Å². The molecule has 1 aromatic rings. The van der Waals surface area contributed by atoms with Gasteiger partial charge >= 0.3 is 18.4 Å². The molecular weight excluding hydrogens is 463 g/mol. The maximum Gasteiger partial charge on any atom is 0.438 e. The summed E-state index contributed by atoms with van der Waals surface area (Å²) in [5.41, 5.74) is 1.84. The molecule has 0 saturated heterocycles. The Balaban J connectivity index is 3.01. The lowest BCUT2D eigenvalue weighted by atomic mass is 10.0. The number of hydrogen-bond acceptors (Lipinski definition) is 3. The highest BCUT2D eigenvalue weighted by molar-refractivity contribution is 6.59. The molecule has 0 unspecified atom stereocenters. The van der Waals surface area contributed by atoms with Gasteiger partial charge in [-0.2, -0.15) is 26.3 Å². The Morgan fingerprint density at radius 1 is 1.04 bits per heavy atom. The van der Waals surface area contributed by atoms with Gasteiger partial charge in [0.15, 0.2) is 5.84 Å². The number of benzene rings is 1. The third-order valence-corrected chi connectivity index (χ3v) is 3.52. The molecule has 0 aliphatic heterocycles. The van der Waals surface area contributed by atoms with E-state index in [0.29, 0.717) is 12.1 Å². The van der Waals surface area contributed by atoms with E-state index in [4.69, 9.17) is 40.5 Å². The maximum absolute atomic E-state index is 12.8. The fourth-order valence-corrected chi connectivity index (χ4v) is 1.71. The Morgan fingerprint density at radius 2 is 1.54 bits per heavy atom. The number of nitrogens with one attached hydrogen (secondary N) is 1. The van der Waals surface area contributed by atoms with Crippen molar-refractivity contribution in [1.29, 1.82) is 0 Å². The second-order valence-electron chi connectivity index (χ2n) is 4.77. The Kier molecular flexibility index (Phi) is 8.03. The van der Waals surface area contributed by atoms with E-state index in [-0.39, 0.29) is 6.07 Å². The third-order valence-electron chi connectivity index (χ3n) is 2.67. The summed E-state index contributed by atoms with van der Waals surface area (Å²) < 4.78 is 76.1. The fraction of sp³-hybridized carbons (Fsp3) is 0.143. The average Bonchev–Trinajstić information content (AvgIpc) is 2.56. The molecule has 154 valence electrons. The number of nitrogens with zero attached hydrogens (tertiary/aromatic N) is 1. The van der Waals surface area contributed by atoms with Crippen LogP contribution in [0.3, 0.4) is 0 Å². The topological polar surface area (TPSA) is 76.7 Å². The summed E-state index contributed by atoms with van der Waals surface area (Å²) in [4.78, 5) is 15.5. The molecule has 0 saturated carbocycles. The minimum atomic E-state index is -5.00. The van der Waals surface area contributed by atoms with E-state index in [0.717, 1.165) is 12.2 Å². The standard InChI is InChI=1S/C14H8Cl3F6N3O2/c15-10(16)11(17)25-12(27)28-26-9(24)2-1-6-3-7(13(18,19)20)5-8(4-6)14(21,22)23/h1-5H,(H2,24,26)(H,25,27)/b2-1+. The number of carbonyl (C=O) groups excluding carboxylic acids is 1. The molecule has 0 heterocycles. The number of alkyl halides is 6. The van der Waals surface area contributed by atoms with Gasteiger partial charge in [-0.1, -0.05) is 46.0 Å². The van der Waals surface area contributed by atoms with Crippen LogP contribution in [0.5, 0.6) is 0 Å². The minimum absolute atomic E-state index is 0.0263. The van der Waals surface area contributed by atoms with Crippen LogP contribution in [-0.2, 0) is 17.2 Å². The van der Waals surface area contributed by atoms with E-state index >= 15 is 0 Å². The molecule has 0 spiro atoms. The van der Waals surface area contributed by atoms with Crippen LogP contribution in [0.15, 0.2) is 39.1 Å². The molecule has 0 radical (unpaired) electrons. The first-order valence-electron chi connectivity index (χ1n) is 6.70. The SMILES string of the molecule is NC(/C=C/c1cc(C(F)(F)F)cc(C(F)(F)F)c1)=N/OC(=O)NC(Cl)=C(Cl)Cl. The molecular formula is C14H8Cl3F6N3O2. The predicted octanol–water partition coefficient (Wildman–Crippen LogP) is 5.58. The van der Waals surface area contributed by atoms with Crippen molar-refractivity contribution < 1.29 is 36.0 Å². The summed E-state index contributed by atoms with van der Waals surface area (Å²) in [5, 5.41) is 4.43. The number of carbonyl (C=O) groups is 1. The van der Waals surface area contributed by atoms with Crippen molar-refractivity contribution in [2.24, 2.45) is 10.9 Å². The average molecular weight is 471 g/mol. The van der Waals surface area contributed by atoms with Crippen LogP contribution in [0.1, 0.15) is 16.7 Å². The second kappa shape index (κ2) is 9.39. The van der Waals surface area contributed by atoms with E-state index in [9.17, 15) is 31.1 Å². The number of halogens is 9. The molecule has 0 aliphatic rings. The minimum Gasteiger partial charge on any atom is -0.381 e. The maximum atomic E-state index is 12.8. The first-order valence-corrected chi connectivity index (χ1v) is 7.83. The summed E-state index contributed by atoms with van der Waals surface area (Å²) >= 11 is 15.9. The van der Waals surface area contributed by atoms with E-state index in [1.807, 2.05) is 5.32 Å². The molecule has 1 amide bonds. The van der Waals surface area contributed by atoms with E-state index in [1.54, 1.807) is 0 Å². The molecule has 0 fully saturated rings. The Labute approximate surface area is 168 Å². The van der Waals surface area contributed by atoms with Crippen LogP contribution in [0, 0.1) is 0 Å². The van der Waals surface area contributed by atoms with Gasteiger partial charge in [0.05, 0.1) is 11.1 Å². The second-order valence-corrected chi connectivity index (χ2v) is 6.09. The summed E-state index contributed by atoms with van der Waals surface area (Å²) in [7, 11) is 0. The van der Waals surface area contributed by atoms with Crippen LogP contribution < -0.4 is 11.1 Å². The highest BCUT2D eigenvalue weighted by Gasteiger charge is 2.36. The number of nitrogens with two attached hydrogens (primary N) is 1. The number of amides is 1. The van der Waals surface area contributed by atoms with E-state index in [1.165, 1.54) is 0 Å². The lowest BCUT2D eigenvalue weighted by Crippen LogP contribution is -2.21. The zero-order chi connectivity index (χ0) is 21.7. The molecule has 0 aliphatic carbocycles. The van der Waals surface area contributed by atoms with Gasteiger partial charge in [0.2, 0.25) is 0 Å².